The lowest BCUT2D eigenvalue weighted by atomic mass is 10.1. The second kappa shape index (κ2) is 7.13. The Bertz CT molecular complexity index is 732. The fourth-order valence-corrected chi connectivity index (χ4v) is 3.55. The molecule has 3 rings (SSSR count). The van der Waals surface area contributed by atoms with Gasteiger partial charge in [0.2, 0.25) is 0 Å². The van der Waals surface area contributed by atoms with E-state index < -0.39 is 0 Å². The maximum atomic E-state index is 11.2. The van der Waals surface area contributed by atoms with E-state index in [1.54, 1.807) is 18.5 Å². The Kier molecular flexibility index (Phi) is 4.94. The number of likely N-dealkylation sites (tertiary alicyclic amines) is 1. The van der Waals surface area contributed by atoms with Gasteiger partial charge in [0.15, 0.2) is 0 Å². The van der Waals surface area contributed by atoms with Crippen molar-refractivity contribution in [3.8, 4) is 0 Å². The number of anilines is 1. The summed E-state index contributed by atoms with van der Waals surface area (Å²) in [6.45, 7) is 7.65. The predicted octanol–water partition coefficient (Wildman–Crippen LogP) is 3.68. The summed E-state index contributed by atoms with van der Waals surface area (Å²) in [5, 5.41) is 16.1. The van der Waals surface area contributed by atoms with E-state index in [0.717, 1.165) is 30.7 Å². The summed E-state index contributed by atoms with van der Waals surface area (Å²) < 4.78 is 0. The van der Waals surface area contributed by atoms with Crippen LogP contribution in [0.5, 0.6) is 0 Å². The van der Waals surface area contributed by atoms with Gasteiger partial charge in [-0.1, -0.05) is 13.8 Å². The Labute approximate surface area is 142 Å². The van der Waals surface area contributed by atoms with Gasteiger partial charge in [0, 0.05) is 48.7 Å². The van der Waals surface area contributed by atoms with Crippen LogP contribution in [0.25, 0.3) is 10.8 Å². The normalized spacial score (nSPS) is 18.4. The lowest BCUT2D eigenvalue weighted by Crippen LogP contribution is -2.37. The highest BCUT2D eigenvalue weighted by Gasteiger charge is 2.25. The van der Waals surface area contributed by atoms with Crippen LogP contribution < -0.4 is 5.32 Å². The molecule has 1 aromatic heterocycles. The van der Waals surface area contributed by atoms with Gasteiger partial charge in [-0.25, -0.2) is 0 Å². The molecule has 0 amide bonds. The summed E-state index contributed by atoms with van der Waals surface area (Å²) in [6, 6.07) is 5.74. The van der Waals surface area contributed by atoms with Crippen LogP contribution in [-0.4, -0.2) is 40.5 Å². The fourth-order valence-electron chi connectivity index (χ4n) is 3.55. The van der Waals surface area contributed by atoms with E-state index in [4.69, 9.17) is 0 Å². The molecule has 2 aromatic rings. The lowest BCUT2D eigenvalue weighted by Gasteiger charge is -2.26. The van der Waals surface area contributed by atoms with Crippen molar-refractivity contribution in [1.82, 2.24) is 9.88 Å². The smallest absolute Gasteiger partial charge is 0.278 e. The third-order valence-corrected chi connectivity index (χ3v) is 4.62. The number of nitrogens with one attached hydrogen (secondary N) is 1. The Morgan fingerprint density at radius 3 is 2.96 bits per heavy atom. The molecule has 1 saturated heterocycles. The van der Waals surface area contributed by atoms with Crippen molar-refractivity contribution in [3.05, 3.63) is 40.7 Å². The highest BCUT2D eigenvalue weighted by atomic mass is 16.6. The summed E-state index contributed by atoms with van der Waals surface area (Å²) in [7, 11) is 0. The van der Waals surface area contributed by atoms with Crippen molar-refractivity contribution in [3.63, 3.8) is 0 Å². The third-order valence-electron chi connectivity index (χ3n) is 4.62. The average Bonchev–Trinajstić information content (AvgIpc) is 2.98. The van der Waals surface area contributed by atoms with E-state index in [-0.39, 0.29) is 10.6 Å². The molecule has 1 fully saturated rings. The highest BCUT2D eigenvalue weighted by molar-refractivity contribution is 5.99. The second-order valence-electron chi connectivity index (χ2n) is 6.88. The first-order valence-corrected chi connectivity index (χ1v) is 8.55. The van der Waals surface area contributed by atoms with Crippen molar-refractivity contribution in [2.24, 2.45) is 5.92 Å². The standard InChI is InChI=1S/C18H24N4O2/c1-13(2)12-21-9-3-4-14(21)10-20-17-5-6-18(22(23)24)16-11-19-8-7-15(16)17/h5-8,11,13-14,20H,3-4,9-10,12H2,1-2H3/t14-/m1/s1. The van der Waals surface area contributed by atoms with Gasteiger partial charge in [0.05, 0.1) is 10.3 Å². The van der Waals surface area contributed by atoms with E-state index >= 15 is 0 Å². The van der Waals surface area contributed by atoms with Crippen LogP contribution in [0.1, 0.15) is 26.7 Å². The monoisotopic (exact) mass is 328 g/mol. The largest absolute Gasteiger partial charge is 0.383 e. The molecule has 2 heterocycles. The maximum Gasteiger partial charge on any atom is 0.278 e. The lowest BCUT2D eigenvalue weighted by molar-refractivity contribution is -0.383. The van der Waals surface area contributed by atoms with Crippen LogP contribution in [0.4, 0.5) is 11.4 Å². The number of benzene rings is 1. The Hall–Kier alpha value is -2.21. The van der Waals surface area contributed by atoms with Gasteiger partial charge in [-0.3, -0.25) is 20.0 Å². The van der Waals surface area contributed by atoms with Crippen LogP contribution in [0.15, 0.2) is 30.6 Å². The topological polar surface area (TPSA) is 71.3 Å². The molecule has 1 aliphatic rings. The maximum absolute atomic E-state index is 11.2. The van der Waals surface area contributed by atoms with Crippen molar-refractivity contribution < 1.29 is 4.92 Å². The number of fused-ring (bicyclic) bond motifs is 1. The number of pyridine rings is 1. The molecule has 24 heavy (non-hydrogen) atoms. The molecule has 128 valence electrons. The molecule has 0 aliphatic carbocycles. The number of aromatic nitrogens is 1. The SMILES string of the molecule is CC(C)CN1CCC[C@@H]1CNc1ccc([N+](=O)[O-])c2cnccc12. The molecule has 1 atom stereocenters. The van der Waals surface area contributed by atoms with Crippen LogP contribution in [-0.2, 0) is 0 Å². The van der Waals surface area contributed by atoms with Gasteiger partial charge in [-0.15, -0.1) is 0 Å². The van der Waals surface area contributed by atoms with Crippen LogP contribution >= 0.6 is 0 Å². The van der Waals surface area contributed by atoms with Gasteiger partial charge >= 0.3 is 0 Å². The summed E-state index contributed by atoms with van der Waals surface area (Å²) in [5.74, 6) is 0.664. The average molecular weight is 328 g/mol. The number of non-ortho nitro benzene ring substituents is 1. The van der Waals surface area contributed by atoms with Crippen molar-refractivity contribution >= 4 is 22.1 Å². The number of nitro groups is 1. The number of hydrogen-bond donors (Lipinski definition) is 1. The van der Waals surface area contributed by atoms with E-state index in [2.05, 4.69) is 29.0 Å². The van der Waals surface area contributed by atoms with Gasteiger partial charge < -0.3 is 5.32 Å². The molecule has 1 aliphatic heterocycles. The molecule has 0 unspecified atom stereocenters. The first-order chi connectivity index (χ1) is 11.6. The Morgan fingerprint density at radius 1 is 1.38 bits per heavy atom. The molecule has 0 spiro atoms. The van der Waals surface area contributed by atoms with Crippen LogP contribution in [0.2, 0.25) is 0 Å². The first kappa shape index (κ1) is 16.6. The minimum Gasteiger partial charge on any atom is -0.383 e. The molecule has 1 N–H and O–H groups in total. The quantitative estimate of drug-likeness (QED) is 0.647. The number of nitro benzene ring substituents is 1. The zero-order valence-electron chi connectivity index (χ0n) is 14.2. The molecule has 0 radical (unpaired) electrons. The molecule has 0 bridgehead atoms. The number of hydrogen-bond acceptors (Lipinski definition) is 5. The third kappa shape index (κ3) is 3.48. The molecule has 0 saturated carbocycles. The fraction of sp³-hybridized carbons (Fsp3) is 0.500. The summed E-state index contributed by atoms with van der Waals surface area (Å²) in [5.41, 5.74) is 1.04. The van der Waals surface area contributed by atoms with Crippen LogP contribution in [0, 0.1) is 16.0 Å². The van der Waals surface area contributed by atoms with E-state index in [9.17, 15) is 10.1 Å². The Morgan fingerprint density at radius 2 is 2.21 bits per heavy atom. The minimum absolute atomic E-state index is 0.103. The highest BCUT2D eigenvalue weighted by Crippen LogP contribution is 2.31. The Balaban J connectivity index is 1.78. The van der Waals surface area contributed by atoms with Gasteiger partial charge in [-0.05, 0) is 37.4 Å². The first-order valence-electron chi connectivity index (χ1n) is 8.55. The van der Waals surface area contributed by atoms with E-state index in [0.29, 0.717) is 17.3 Å². The minimum atomic E-state index is -0.352. The van der Waals surface area contributed by atoms with Gasteiger partial charge in [0.1, 0.15) is 0 Å². The second-order valence-corrected chi connectivity index (χ2v) is 6.88. The number of rotatable bonds is 6. The summed E-state index contributed by atoms with van der Waals surface area (Å²) in [4.78, 5) is 17.4. The molecular weight excluding hydrogens is 304 g/mol. The molecule has 6 nitrogen and oxygen atoms in total. The molecular formula is C18H24N4O2. The van der Waals surface area contributed by atoms with E-state index in [1.165, 1.54) is 12.8 Å². The summed E-state index contributed by atoms with van der Waals surface area (Å²) >= 11 is 0. The predicted molar refractivity (Wildman–Crippen MR) is 96.3 cm³/mol. The molecule has 6 heteroatoms. The van der Waals surface area contributed by atoms with E-state index in [1.807, 2.05) is 12.1 Å². The number of nitrogens with zero attached hydrogens (tertiary/aromatic N) is 3. The van der Waals surface area contributed by atoms with Crippen molar-refractivity contribution in [2.45, 2.75) is 32.7 Å². The van der Waals surface area contributed by atoms with Crippen LogP contribution in [0.3, 0.4) is 0 Å². The van der Waals surface area contributed by atoms with Gasteiger partial charge in [-0.2, -0.15) is 0 Å². The van der Waals surface area contributed by atoms with Crippen molar-refractivity contribution in [2.75, 3.05) is 25.0 Å². The summed E-state index contributed by atoms with van der Waals surface area (Å²) in [6.07, 6.45) is 5.69. The zero-order chi connectivity index (χ0) is 17.1. The molecule has 1 aromatic carbocycles. The van der Waals surface area contributed by atoms with Crippen molar-refractivity contribution in [1.29, 1.82) is 0 Å². The van der Waals surface area contributed by atoms with Gasteiger partial charge in [0.25, 0.3) is 5.69 Å². The zero-order valence-corrected chi connectivity index (χ0v) is 14.2.